The summed E-state index contributed by atoms with van der Waals surface area (Å²) in [5.74, 6) is -0.113. The molecule has 4 rings (SSSR count). The molecule has 0 spiro atoms. The molecule has 0 atom stereocenters. The van der Waals surface area contributed by atoms with Gasteiger partial charge in [0.1, 0.15) is 0 Å². The Morgan fingerprint density at radius 2 is 1.52 bits per heavy atom. The van der Waals surface area contributed by atoms with E-state index in [9.17, 15) is 4.79 Å². The summed E-state index contributed by atoms with van der Waals surface area (Å²) in [6, 6.07) is 26.3. The van der Waals surface area contributed by atoms with Crippen LogP contribution in [-0.4, -0.2) is 11.1 Å². The third kappa shape index (κ3) is 4.18. The number of hydrogen-bond donors (Lipinski definition) is 1. The molecule has 3 nitrogen and oxygen atoms in total. The zero-order valence-corrected chi connectivity index (χ0v) is 15.7. The average Bonchev–Trinajstić information content (AvgIpc) is 3.04. The normalized spacial score (nSPS) is 16.7. The Bertz CT molecular complexity index is 1020. The van der Waals surface area contributed by atoms with E-state index in [1.807, 2.05) is 67.6 Å². The van der Waals surface area contributed by atoms with Crippen LogP contribution in [0.5, 0.6) is 0 Å². The fraction of sp³-hybridized carbons (Fsp3) is 0.0435. The van der Waals surface area contributed by atoms with E-state index in [0.29, 0.717) is 10.1 Å². The molecular formula is C23H18N2OS. The van der Waals surface area contributed by atoms with Gasteiger partial charge in [-0.05, 0) is 53.6 Å². The second-order valence-electron chi connectivity index (χ2n) is 6.31. The number of aliphatic imine (C=N–C) groups is 1. The van der Waals surface area contributed by atoms with E-state index in [4.69, 9.17) is 0 Å². The van der Waals surface area contributed by atoms with Crippen LogP contribution in [-0.2, 0) is 4.79 Å². The van der Waals surface area contributed by atoms with Crippen LogP contribution in [0, 0.1) is 6.92 Å². The van der Waals surface area contributed by atoms with Crippen molar-refractivity contribution < 1.29 is 4.79 Å². The van der Waals surface area contributed by atoms with E-state index in [1.54, 1.807) is 0 Å². The summed E-state index contributed by atoms with van der Waals surface area (Å²) in [5, 5.41) is 3.44. The van der Waals surface area contributed by atoms with Gasteiger partial charge in [-0.1, -0.05) is 72.3 Å². The fourth-order valence-electron chi connectivity index (χ4n) is 2.77. The summed E-state index contributed by atoms with van der Waals surface area (Å²) in [5.41, 5.74) is 5.34. The molecule has 1 N–H and O–H groups in total. The standard InChI is InChI=1S/C23H18N2OS/c1-16-7-13-20(14-8-16)24-23-25-22(26)21(27-23)15-17-9-11-19(12-10-17)18-5-3-2-4-6-18/h2-15H,1H3,(H,24,25,26)/b21-15+. The molecule has 1 fully saturated rings. The predicted octanol–water partition coefficient (Wildman–Crippen LogP) is 5.55. The highest BCUT2D eigenvalue weighted by molar-refractivity contribution is 8.18. The maximum absolute atomic E-state index is 12.2. The topological polar surface area (TPSA) is 41.5 Å². The zero-order chi connectivity index (χ0) is 18.6. The Morgan fingerprint density at radius 1 is 0.852 bits per heavy atom. The molecule has 3 aromatic rings. The van der Waals surface area contributed by atoms with Crippen molar-refractivity contribution in [3.05, 3.63) is 94.9 Å². The molecule has 0 aliphatic carbocycles. The summed E-state index contributed by atoms with van der Waals surface area (Å²) < 4.78 is 0. The van der Waals surface area contributed by atoms with Crippen LogP contribution in [0.15, 0.2) is 88.8 Å². The van der Waals surface area contributed by atoms with E-state index in [0.717, 1.165) is 16.8 Å². The lowest BCUT2D eigenvalue weighted by Crippen LogP contribution is -2.19. The molecule has 0 bridgehead atoms. The number of amidine groups is 1. The molecule has 3 aromatic carbocycles. The molecule has 4 heteroatoms. The second kappa shape index (κ2) is 7.64. The first kappa shape index (κ1) is 17.3. The summed E-state index contributed by atoms with van der Waals surface area (Å²) in [4.78, 5) is 17.4. The molecule has 1 amide bonds. The SMILES string of the molecule is Cc1ccc(N=C2NC(=O)/C(=C\c3ccc(-c4ccccc4)cc3)S2)cc1. The highest BCUT2D eigenvalue weighted by atomic mass is 32.2. The lowest BCUT2D eigenvalue weighted by atomic mass is 10.0. The van der Waals surface area contributed by atoms with Gasteiger partial charge in [-0.15, -0.1) is 0 Å². The molecule has 1 aliphatic heterocycles. The maximum atomic E-state index is 12.2. The lowest BCUT2D eigenvalue weighted by molar-refractivity contribution is -0.115. The van der Waals surface area contributed by atoms with Crippen molar-refractivity contribution in [2.24, 2.45) is 4.99 Å². The Hall–Kier alpha value is -3.11. The average molecular weight is 370 g/mol. The molecule has 27 heavy (non-hydrogen) atoms. The number of nitrogens with zero attached hydrogens (tertiary/aromatic N) is 1. The number of carbonyl (C=O) groups excluding carboxylic acids is 1. The quantitative estimate of drug-likeness (QED) is 0.614. The van der Waals surface area contributed by atoms with Gasteiger partial charge in [-0.2, -0.15) is 0 Å². The van der Waals surface area contributed by atoms with Gasteiger partial charge >= 0.3 is 0 Å². The summed E-state index contributed by atoms with van der Waals surface area (Å²) >= 11 is 1.36. The van der Waals surface area contributed by atoms with Gasteiger partial charge in [0.25, 0.3) is 5.91 Å². The number of amides is 1. The number of nitrogens with one attached hydrogen (secondary N) is 1. The molecule has 1 heterocycles. The van der Waals surface area contributed by atoms with E-state index in [2.05, 4.69) is 34.6 Å². The van der Waals surface area contributed by atoms with Crippen molar-refractivity contribution in [2.75, 3.05) is 0 Å². The Labute approximate surface area is 162 Å². The minimum Gasteiger partial charge on any atom is -0.300 e. The minimum absolute atomic E-state index is 0.113. The fourth-order valence-corrected chi connectivity index (χ4v) is 3.61. The molecule has 1 saturated heterocycles. The lowest BCUT2D eigenvalue weighted by Gasteiger charge is -2.02. The van der Waals surface area contributed by atoms with Crippen LogP contribution in [0.25, 0.3) is 17.2 Å². The summed E-state index contributed by atoms with van der Waals surface area (Å²) in [7, 11) is 0. The monoisotopic (exact) mass is 370 g/mol. The molecular weight excluding hydrogens is 352 g/mol. The third-order valence-electron chi connectivity index (χ3n) is 4.23. The Balaban J connectivity index is 1.52. The number of carbonyl (C=O) groups is 1. The van der Waals surface area contributed by atoms with Crippen molar-refractivity contribution >= 4 is 34.6 Å². The predicted molar refractivity (Wildman–Crippen MR) is 114 cm³/mol. The molecule has 0 unspecified atom stereocenters. The van der Waals surface area contributed by atoms with Crippen LogP contribution in [0.1, 0.15) is 11.1 Å². The largest absolute Gasteiger partial charge is 0.300 e. The van der Waals surface area contributed by atoms with Crippen LogP contribution < -0.4 is 5.32 Å². The van der Waals surface area contributed by atoms with Crippen LogP contribution >= 0.6 is 11.8 Å². The number of hydrogen-bond acceptors (Lipinski definition) is 3. The number of rotatable bonds is 3. The van der Waals surface area contributed by atoms with E-state index in [-0.39, 0.29) is 5.91 Å². The van der Waals surface area contributed by atoms with Crippen molar-refractivity contribution in [3.8, 4) is 11.1 Å². The minimum atomic E-state index is -0.113. The van der Waals surface area contributed by atoms with Gasteiger partial charge in [0.15, 0.2) is 5.17 Å². The van der Waals surface area contributed by atoms with Gasteiger partial charge in [-0.25, -0.2) is 4.99 Å². The first-order valence-electron chi connectivity index (χ1n) is 8.69. The smallest absolute Gasteiger partial charge is 0.264 e. The third-order valence-corrected chi connectivity index (χ3v) is 5.14. The van der Waals surface area contributed by atoms with Crippen molar-refractivity contribution in [1.29, 1.82) is 0 Å². The van der Waals surface area contributed by atoms with Gasteiger partial charge in [0.2, 0.25) is 0 Å². The number of aryl methyl sites for hydroxylation is 1. The van der Waals surface area contributed by atoms with Gasteiger partial charge in [-0.3, -0.25) is 4.79 Å². The molecule has 0 aromatic heterocycles. The van der Waals surface area contributed by atoms with Gasteiger partial charge in [0, 0.05) is 0 Å². The Morgan fingerprint density at radius 3 is 2.22 bits per heavy atom. The molecule has 0 radical (unpaired) electrons. The van der Waals surface area contributed by atoms with Crippen LogP contribution in [0.2, 0.25) is 0 Å². The van der Waals surface area contributed by atoms with Gasteiger partial charge < -0.3 is 5.32 Å². The van der Waals surface area contributed by atoms with Crippen LogP contribution in [0.3, 0.4) is 0 Å². The molecule has 132 valence electrons. The van der Waals surface area contributed by atoms with Crippen LogP contribution in [0.4, 0.5) is 5.69 Å². The molecule has 1 aliphatic rings. The molecule has 0 saturated carbocycles. The summed E-state index contributed by atoms with van der Waals surface area (Å²) in [6.45, 7) is 2.03. The highest BCUT2D eigenvalue weighted by Gasteiger charge is 2.23. The second-order valence-corrected chi connectivity index (χ2v) is 7.34. The maximum Gasteiger partial charge on any atom is 0.264 e. The van der Waals surface area contributed by atoms with Crippen molar-refractivity contribution in [1.82, 2.24) is 5.32 Å². The van der Waals surface area contributed by atoms with E-state index >= 15 is 0 Å². The van der Waals surface area contributed by atoms with Crippen molar-refractivity contribution in [2.45, 2.75) is 6.92 Å². The first-order chi connectivity index (χ1) is 13.2. The van der Waals surface area contributed by atoms with Gasteiger partial charge in [0.05, 0.1) is 10.6 Å². The number of benzene rings is 3. The first-order valence-corrected chi connectivity index (χ1v) is 9.51. The summed E-state index contributed by atoms with van der Waals surface area (Å²) in [6.07, 6.45) is 1.90. The highest BCUT2D eigenvalue weighted by Crippen LogP contribution is 2.28. The van der Waals surface area contributed by atoms with E-state index < -0.39 is 0 Å². The number of thioether (sulfide) groups is 1. The Kier molecular flexibility index (Phi) is 4.90. The van der Waals surface area contributed by atoms with E-state index in [1.165, 1.54) is 22.9 Å². The zero-order valence-electron chi connectivity index (χ0n) is 14.8. The van der Waals surface area contributed by atoms with Crippen molar-refractivity contribution in [3.63, 3.8) is 0 Å².